The molecule has 5 fully saturated rings. The summed E-state index contributed by atoms with van der Waals surface area (Å²) in [6.07, 6.45) is 11.7. The number of ether oxygens (including phenoxy) is 4. The molecule has 386 valence electrons. The molecule has 5 aliphatic heterocycles. The number of rotatable bonds is 11. The summed E-state index contributed by atoms with van der Waals surface area (Å²) in [6.45, 7) is 10.3. The van der Waals surface area contributed by atoms with E-state index in [1.54, 1.807) is 13.2 Å². The van der Waals surface area contributed by atoms with Crippen molar-refractivity contribution in [3.05, 3.63) is 99.7 Å². The number of sulfonamides is 1. The number of hydrogen-bond donors (Lipinski definition) is 3. The van der Waals surface area contributed by atoms with E-state index in [1.165, 1.54) is 42.9 Å². The normalized spacial score (nSPS) is 26.9. The predicted octanol–water partition coefficient (Wildman–Crippen LogP) is 9.37. The van der Waals surface area contributed by atoms with Gasteiger partial charge in [-0.2, -0.15) is 4.98 Å². The molecule has 1 amide bonds. The first-order valence-corrected chi connectivity index (χ1v) is 27.8. The van der Waals surface area contributed by atoms with Crippen LogP contribution in [-0.2, 0) is 19.5 Å². The van der Waals surface area contributed by atoms with Crippen molar-refractivity contribution in [3.63, 3.8) is 0 Å². The van der Waals surface area contributed by atoms with Gasteiger partial charge in [-0.15, -0.1) is 0 Å². The molecule has 2 saturated carbocycles. The summed E-state index contributed by atoms with van der Waals surface area (Å²) in [7, 11) is -2.98. The van der Waals surface area contributed by atoms with Gasteiger partial charge < -0.3 is 39.0 Å². The highest BCUT2D eigenvalue weighted by atomic mass is 32.2. The number of piperidine rings is 1. The lowest BCUT2D eigenvalue weighted by molar-refractivity contribution is -0.384. The highest BCUT2D eigenvalue weighted by molar-refractivity contribution is 7.90. The number of benzene rings is 3. The van der Waals surface area contributed by atoms with Gasteiger partial charge >= 0.3 is 0 Å². The van der Waals surface area contributed by atoms with E-state index in [2.05, 4.69) is 69.9 Å². The first-order chi connectivity index (χ1) is 35.2. The Morgan fingerprint density at radius 2 is 1.75 bits per heavy atom. The van der Waals surface area contributed by atoms with Crippen LogP contribution in [-0.4, -0.2) is 111 Å². The average molecular weight is 1020 g/mol. The molecular weight excluding hydrogens is 949 g/mol. The minimum atomic E-state index is -4.69. The van der Waals surface area contributed by atoms with Gasteiger partial charge in [0.25, 0.3) is 21.6 Å². The van der Waals surface area contributed by atoms with E-state index >= 15 is 0 Å². The highest BCUT2D eigenvalue weighted by Crippen LogP contribution is 2.55. The molecule has 7 heterocycles. The van der Waals surface area contributed by atoms with E-state index < -0.39 is 37.5 Å². The van der Waals surface area contributed by atoms with E-state index in [1.807, 2.05) is 35.4 Å². The molecule has 1 spiro atoms. The molecule has 2 aromatic heterocycles. The first-order valence-electron chi connectivity index (χ1n) is 26.3. The molecule has 3 saturated heterocycles. The number of nitrogens with one attached hydrogen (secondary N) is 3. The fraction of sp³-hybridized carbons (Fsp3) is 0.527. The van der Waals surface area contributed by atoms with Crippen LogP contribution in [0.25, 0.3) is 11.0 Å². The number of nitro groups is 1. The van der Waals surface area contributed by atoms with E-state index in [4.69, 9.17) is 23.9 Å². The van der Waals surface area contributed by atoms with Gasteiger partial charge in [-0.3, -0.25) is 19.8 Å². The Bertz CT molecular complexity index is 3070. The molecule has 7 aliphatic rings. The third-order valence-electron chi connectivity index (χ3n) is 17.8. The van der Waals surface area contributed by atoms with Crippen molar-refractivity contribution in [1.29, 1.82) is 0 Å². The number of nitro benzene ring substituents is 1. The van der Waals surface area contributed by atoms with Gasteiger partial charge in [0.05, 0.1) is 52.0 Å². The number of likely N-dealkylation sites (tertiary alicyclic amines) is 1. The van der Waals surface area contributed by atoms with Crippen molar-refractivity contribution in [3.8, 4) is 11.6 Å². The van der Waals surface area contributed by atoms with E-state index in [0.717, 1.165) is 75.3 Å². The highest BCUT2D eigenvalue weighted by Gasteiger charge is 2.51. The van der Waals surface area contributed by atoms with Crippen LogP contribution in [0.2, 0.25) is 0 Å². The number of fused-ring (bicyclic) bond motifs is 4. The summed E-state index contributed by atoms with van der Waals surface area (Å²) in [5.41, 5.74) is 5.45. The molecule has 0 radical (unpaired) electrons. The van der Waals surface area contributed by atoms with Crippen molar-refractivity contribution >= 4 is 55.4 Å². The number of nitrogens with zero attached hydrogens (tertiary/aromatic N) is 5. The van der Waals surface area contributed by atoms with Crippen molar-refractivity contribution in [1.82, 2.24) is 19.6 Å². The number of anilines is 4. The summed E-state index contributed by atoms with van der Waals surface area (Å²) in [5.74, 6) is 0.180. The third-order valence-corrected chi connectivity index (χ3v) is 19.1. The lowest BCUT2D eigenvalue weighted by atomic mass is 9.59. The summed E-state index contributed by atoms with van der Waals surface area (Å²) in [5, 5.41) is 16.8. The molecule has 3 N–H and O–H groups in total. The molecule has 4 atom stereocenters. The second-order valence-corrected chi connectivity index (χ2v) is 24.0. The van der Waals surface area contributed by atoms with E-state index in [9.17, 15) is 23.3 Å². The monoisotopic (exact) mass is 1010 g/mol. The fourth-order valence-corrected chi connectivity index (χ4v) is 14.4. The van der Waals surface area contributed by atoms with Gasteiger partial charge in [0.1, 0.15) is 24.0 Å². The minimum absolute atomic E-state index is 0.0370. The summed E-state index contributed by atoms with van der Waals surface area (Å²) in [4.78, 5) is 41.5. The standard InChI is InChI=1S/C55H66N8O9S/c1-33(2)39-8-5-6-9-40(39)43-10-7-21-61(43)37-28-55(29-37)18-22-60(23-19-55)36-11-12-41(44(25-36)62-46-24-35-15-20-56-51(35)58-53(46)72-49-32-70-31-47(49)62)52(64)59-73(67,68)38-26-45(63(65)66)50-48(27-38)71-30-42(57-50)34-13-16-54(3,69-4)17-14-34/h5-6,8-9,11-12,15,20,24-27,33-34,37,42-43,47,49,57H,7,10,13-14,16-19,21-23,28-32H2,1-4H3,(H,56,58)(H,59,64)/t34?,42-,43-,47+,49+,54?/m0/s1. The smallest absolute Gasteiger partial charge is 0.297 e. The van der Waals surface area contributed by atoms with Crippen molar-refractivity contribution in [2.75, 3.05) is 61.7 Å². The summed E-state index contributed by atoms with van der Waals surface area (Å²) < 4.78 is 55.4. The maximum atomic E-state index is 14.8. The SMILES string of the molecule is COC1(C)CCC([C@@H]2COc3cc(S(=O)(=O)NC(=O)c4ccc(N5CCC6(CC5)CC(N5CCC[C@H]5c5ccccc5C(C)C)C6)cc4N4c5cc6cc[nH]c6nc5O[C@@H]5COC[C@H]54)cc([N+](=O)[O-])c3N2)CC1. The van der Waals surface area contributed by atoms with Gasteiger partial charge in [0.15, 0.2) is 11.4 Å². The molecule has 0 unspecified atom stereocenters. The molecule has 3 aromatic carbocycles. The number of pyridine rings is 1. The predicted molar refractivity (Wildman–Crippen MR) is 278 cm³/mol. The van der Waals surface area contributed by atoms with Crippen LogP contribution in [0.1, 0.15) is 118 Å². The number of methoxy groups -OCH3 is 1. The lowest BCUT2D eigenvalue weighted by Crippen LogP contribution is -2.55. The van der Waals surface area contributed by atoms with Crippen molar-refractivity contribution in [2.24, 2.45) is 11.3 Å². The second kappa shape index (κ2) is 18.5. The number of hydrogen-bond acceptors (Lipinski definition) is 14. The Labute approximate surface area is 426 Å². The fourth-order valence-electron chi connectivity index (χ4n) is 13.4. The lowest BCUT2D eigenvalue weighted by Gasteiger charge is -2.56. The largest absolute Gasteiger partial charge is 0.489 e. The average Bonchev–Trinajstić information content (AvgIpc) is 4.18. The van der Waals surface area contributed by atoms with Crippen LogP contribution < -0.4 is 29.3 Å². The molecule has 0 bridgehead atoms. The zero-order chi connectivity index (χ0) is 50.4. The van der Waals surface area contributed by atoms with Crippen molar-refractivity contribution < 1.29 is 37.1 Å². The minimum Gasteiger partial charge on any atom is -0.489 e. The molecular formula is C55H66N8O9S. The van der Waals surface area contributed by atoms with Gasteiger partial charge in [0, 0.05) is 61.7 Å². The number of carbonyl (C=O) groups excluding carboxylic acids is 1. The van der Waals surface area contributed by atoms with E-state index in [0.29, 0.717) is 54.1 Å². The number of aromatic amines is 1. The first kappa shape index (κ1) is 48.0. The number of amides is 1. The topological polar surface area (TPSA) is 194 Å². The zero-order valence-electron chi connectivity index (χ0n) is 42.1. The summed E-state index contributed by atoms with van der Waals surface area (Å²) in [6, 6.07) is 21.2. The maximum absolute atomic E-state index is 14.8. The molecule has 5 aromatic rings. The van der Waals surface area contributed by atoms with Crippen LogP contribution in [0.4, 0.5) is 28.4 Å². The van der Waals surface area contributed by atoms with Crippen molar-refractivity contribution in [2.45, 2.75) is 132 Å². The van der Waals surface area contributed by atoms with Crippen LogP contribution >= 0.6 is 0 Å². The molecule has 12 rings (SSSR count). The maximum Gasteiger partial charge on any atom is 0.297 e. The van der Waals surface area contributed by atoms with Crippen LogP contribution in [0.3, 0.4) is 0 Å². The Morgan fingerprint density at radius 1 is 0.959 bits per heavy atom. The third kappa shape index (κ3) is 8.64. The van der Waals surface area contributed by atoms with Crippen LogP contribution in [0, 0.1) is 21.4 Å². The zero-order valence-corrected chi connectivity index (χ0v) is 42.9. The number of carbonyl (C=O) groups is 1. The molecule has 2 aliphatic carbocycles. The van der Waals surface area contributed by atoms with Gasteiger partial charge in [0.2, 0.25) is 5.88 Å². The Balaban J connectivity index is 0.819. The van der Waals surface area contributed by atoms with Crippen LogP contribution in [0.15, 0.2) is 77.8 Å². The number of H-pyrrole nitrogens is 1. The Kier molecular flexibility index (Phi) is 12.1. The second-order valence-electron chi connectivity index (χ2n) is 22.3. The quantitative estimate of drug-likeness (QED) is 0.0837. The summed E-state index contributed by atoms with van der Waals surface area (Å²) >= 11 is 0. The molecule has 18 heteroatoms. The molecule has 17 nitrogen and oxygen atoms in total. The Hall–Kier alpha value is -5.95. The number of aromatic nitrogens is 2. The van der Waals surface area contributed by atoms with Gasteiger partial charge in [-0.05, 0) is 136 Å². The van der Waals surface area contributed by atoms with E-state index in [-0.39, 0.29) is 52.6 Å². The van der Waals surface area contributed by atoms with Gasteiger partial charge in [-0.1, -0.05) is 38.1 Å². The van der Waals surface area contributed by atoms with Crippen LogP contribution in [0.5, 0.6) is 11.6 Å². The van der Waals surface area contributed by atoms with Gasteiger partial charge in [-0.25, -0.2) is 13.1 Å². The molecule has 73 heavy (non-hydrogen) atoms. The Morgan fingerprint density at radius 3 is 2.52 bits per heavy atom.